The summed E-state index contributed by atoms with van der Waals surface area (Å²) in [7, 11) is 0. The van der Waals surface area contributed by atoms with Crippen molar-refractivity contribution in [3.8, 4) is 0 Å². The van der Waals surface area contributed by atoms with E-state index in [4.69, 9.17) is 11.6 Å². The number of hydrogen-bond donors (Lipinski definition) is 1. The Bertz CT molecular complexity index is 581. The summed E-state index contributed by atoms with van der Waals surface area (Å²) in [5.74, 6) is -0.113. The lowest BCUT2D eigenvalue weighted by atomic mass is 10.1. The molecule has 0 aliphatic rings. The van der Waals surface area contributed by atoms with Gasteiger partial charge in [0.15, 0.2) is 0 Å². The van der Waals surface area contributed by atoms with E-state index >= 15 is 0 Å². The minimum absolute atomic E-state index is 0.0335. The van der Waals surface area contributed by atoms with Crippen LogP contribution in [0.25, 0.3) is 0 Å². The van der Waals surface area contributed by atoms with Crippen molar-refractivity contribution in [1.82, 2.24) is 5.32 Å². The van der Waals surface area contributed by atoms with Gasteiger partial charge in [0.25, 0.3) is 5.91 Å². The summed E-state index contributed by atoms with van der Waals surface area (Å²) in [6, 6.07) is 15.2. The van der Waals surface area contributed by atoms with Crippen LogP contribution in [0.4, 0.5) is 0 Å². The van der Waals surface area contributed by atoms with Gasteiger partial charge in [0.05, 0.1) is 6.04 Å². The average molecular weight is 274 g/mol. The van der Waals surface area contributed by atoms with Gasteiger partial charge in [-0.15, -0.1) is 0 Å². The summed E-state index contributed by atoms with van der Waals surface area (Å²) in [6.07, 6.45) is 0. The Balaban J connectivity index is 2.11. The van der Waals surface area contributed by atoms with Crippen molar-refractivity contribution >= 4 is 17.5 Å². The molecule has 2 aromatic carbocycles. The maximum atomic E-state index is 12.1. The molecule has 0 radical (unpaired) electrons. The lowest BCUT2D eigenvalue weighted by molar-refractivity contribution is 0.0940. The van der Waals surface area contributed by atoms with Crippen LogP contribution >= 0.6 is 11.6 Å². The topological polar surface area (TPSA) is 29.1 Å². The van der Waals surface area contributed by atoms with Crippen LogP contribution in [-0.4, -0.2) is 5.91 Å². The molecular formula is C16H16ClNO. The van der Waals surface area contributed by atoms with E-state index in [1.165, 1.54) is 0 Å². The smallest absolute Gasteiger partial charge is 0.251 e. The molecule has 0 aliphatic carbocycles. The van der Waals surface area contributed by atoms with Crippen molar-refractivity contribution in [2.75, 3.05) is 0 Å². The zero-order chi connectivity index (χ0) is 13.8. The van der Waals surface area contributed by atoms with Gasteiger partial charge in [-0.2, -0.15) is 0 Å². The van der Waals surface area contributed by atoms with Gasteiger partial charge >= 0.3 is 0 Å². The molecule has 1 amide bonds. The fourth-order valence-corrected chi connectivity index (χ4v) is 2.02. The maximum Gasteiger partial charge on any atom is 0.251 e. The molecule has 0 unspecified atom stereocenters. The van der Waals surface area contributed by atoms with Crippen LogP contribution in [0.5, 0.6) is 0 Å². The standard InChI is InChI=1S/C16H16ClNO/c1-11-8-9-14(10-15(11)17)16(19)18-12(2)13-6-4-3-5-7-13/h3-10,12H,1-2H3,(H,18,19)/t12-/m1/s1. The highest BCUT2D eigenvalue weighted by Gasteiger charge is 2.11. The monoisotopic (exact) mass is 273 g/mol. The van der Waals surface area contributed by atoms with E-state index in [0.29, 0.717) is 10.6 Å². The number of halogens is 1. The van der Waals surface area contributed by atoms with Gasteiger partial charge in [-0.25, -0.2) is 0 Å². The van der Waals surface area contributed by atoms with Crippen LogP contribution in [-0.2, 0) is 0 Å². The Morgan fingerprint density at radius 1 is 1.16 bits per heavy atom. The number of amides is 1. The molecule has 2 nitrogen and oxygen atoms in total. The summed E-state index contributed by atoms with van der Waals surface area (Å²) in [6.45, 7) is 3.87. The molecule has 2 aromatic rings. The summed E-state index contributed by atoms with van der Waals surface area (Å²) < 4.78 is 0. The van der Waals surface area contributed by atoms with Crippen LogP contribution in [0.15, 0.2) is 48.5 Å². The van der Waals surface area contributed by atoms with Crippen molar-refractivity contribution in [2.45, 2.75) is 19.9 Å². The Kier molecular flexibility index (Phi) is 4.23. The summed E-state index contributed by atoms with van der Waals surface area (Å²) >= 11 is 6.03. The molecule has 0 heterocycles. The Labute approximate surface area is 118 Å². The van der Waals surface area contributed by atoms with E-state index in [2.05, 4.69) is 5.32 Å². The molecule has 0 fully saturated rings. The molecule has 3 heteroatoms. The highest BCUT2D eigenvalue weighted by atomic mass is 35.5. The van der Waals surface area contributed by atoms with Gasteiger partial charge in [-0.1, -0.05) is 48.0 Å². The number of carbonyl (C=O) groups is 1. The van der Waals surface area contributed by atoms with Gasteiger partial charge in [-0.05, 0) is 37.1 Å². The fraction of sp³-hybridized carbons (Fsp3) is 0.188. The molecule has 1 atom stereocenters. The molecule has 0 aliphatic heterocycles. The van der Waals surface area contributed by atoms with Gasteiger partial charge in [0, 0.05) is 10.6 Å². The van der Waals surface area contributed by atoms with Crippen LogP contribution in [0.2, 0.25) is 5.02 Å². The van der Waals surface area contributed by atoms with E-state index < -0.39 is 0 Å². The summed E-state index contributed by atoms with van der Waals surface area (Å²) in [5, 5.41) is 3.57. The van der Waals surface area contributed by atoms with Crippen molar-refractivity contribution in [1.29, 1.82) is 0 Å². The first kappa shape index (κ1) is 13.6. The minimum Gasteiger partial charge on any atom is -0.346 e. The van der Waals surface area contributed by atoms with E-state index in [1.54, 1.807) is 12.1 Å². The number of carbonyl (C=O) groups excluding carboxylic acids is 1. The number of nitrogens with one attached hydrogen (secondary N) is 1. The Hall–Kier alpha value is -1.80. The van der Waals surface area contributed by atoms with E-state index in [-0.39, 0.29) is 11.9 Å². The van der Waals surface area contributed by atoms with Crippen LogP contribution in [0.3, 0.4) is 0 Å². The second kappa shape index (κ2) is 5.89. The van der Waals surface area contributed by atoms with Gasteiger partial charge in [-0.3, -0.25) is 4.79 Å². The van der Waals surface area contributed by atoms with Gasteiger partial charge < -0.3 is 5.32 Å². The zero-order valence-corrected chi connectivity index (χ0v) is 11.7. The molecular weight excluding hydrogens is 258 g/mol. The lowest BCUT2D eigenvalue weighted by Gasteiger charge is -2.14. The third-order valence-electron chi connectivity index (χ3n) is 3.08. The quantitative estimate of drug-likeness (QED) is 0.895. The largest absolute Gasteiger partial charge is 0.346 e. The highest BCUT2D eigenvalue weighted by molar-refractivity contribution is 6.31. The van der Waals surface area contributed by atoms with Crippen LogP contribution < -0.4 is 5.32 Å². The first-order valence-corrected chi connectivity index (χ1v) is 6.57. The predicted molar refractivity (Wildman–Crippen MR) is 78.5 cm³/mol. The van der Waals surface area contributed by atoms with Crippen LogP contribution in [0.1, 0.15) is 34.5 Å². The predicted octanol–water partition coefficient (Wildman–Crippen LogP) is 4.14. The molecule has 0 saturated heterocycles. The van der Waals surface area contributed by atoms with E-state index in [1.807, 2.05) is 50.2 Å². The second-order valence-corrected chi connectivity index (χ2v) is 4.98. The maximum absolute atomic E-state index is 12.1. The molecule has 98 valence electrons. The molecule has 1 N–H and O–H groups in total. The summed E-state index contributed by atoms with van der Waals surface area (Å²) in [5.41, 5.74) is 2.63. The van der Waals surface area contributed by atoms with E-state index in [9.17, 15) is 4.79 Å². The first-order valence-electron chi connectivity index (χ1n) is 6.20. The highest BCUT2D eigenvalue weighted by Crippen LogP contribution is 2.18. The van der Waals surface area contributed by atoms with Gasteiger partial charge in [0.2, 0.25) is 0 Å². The minimum atomic E-state index is -0.113. The number of hydrogen-bond acceptors (Lipinski definition) is 1. The van der Waals surface area contributed by atoms with Crippen molar-refractivity contribution < 1.29 is 4.79 Å². The number of rotatable bonds is 3. The number of benzene rings is 2. The number of aryl methyl sites for hydroxylation is 1. The van der Waals surface area contributed by atoms with E-state index in [0.717, 1.165) is 11.1 Å². The molecule has 0 bridgehead atoms. The average Bonchev–Trinajstić information content (AvgIpc) is 2.42. The lowest BCUT2D eigenvalue weighted by Crippen LogP contribution is -2.26. The second-order valence-electron chi connectivity index (χ2n) is 4.57. The third kappa shape index (κ3) is 3.36. The van der Waals surface area contributed by atoms with Crippen molar-refractivity contribution in [3.63, 3.8) is 0 Å². The molecule has 19 heavy (non-hydrogen) atoms. The molecule has 0 spiro atoms. The SMILES string of the molecule is Cc1ccc(C(=O)N[C@H](C)c2ccccc2)cc1Cl. The Morgan fingerprint density at radius 2 is 1.84 bits per heavy atom. The normalized spacial score (nSPS) is 11.9. The molecule has 2 rings (SSSR count). The fourth-order valence-electron chi connectivity index (χ4n) is 1.84. The Morgan fingerprint density at radius 3 is 2.47 bits per heavy atom. The third-order valence-corrected chi connectivity index (χ3v) is 3.49. The molecule has 0 saturated carbocycles. The molecule has 0 aromatic heterocycles. The summed E-state index contributed by atoms with van der Waals surface area (Å²) in [4.78, 5) is 12.1. The van der Waals surface area contributed by atoms with Gasteiger partial charge in [0.1, 0.15) is 0 Å². The van der Waals surface area contributed by atoms with Crippen molar-refractivity contribution in [2.24, 2.45) is 0 Å². The first-order chi connectivity index (χ1) is 9.08. The van der Waals surface area contributed by atoms with Crippen molar-refractivity contribution in [3.05, 3.63) is 70.2 Å². The zero-order valence-electron chi connectivity index (χ0n) is 11.0. The van der Waals surface area contributed by atoms with Crippen LogP contribution in [0, 0.1) is 6.92 Å².